The molecule has 0 aliphatic carbocycles. The number of hydrogen-bond acceptors (Lipinski definition) is 7. The maximum atomic E-state index is 13.9. The van der Waals surface area contributed by atoms with Gasteiger partial charge in [0, 0.05) is 31.3 Å². The van der Waals surface area contributed by atoms with Gasteiger partial charge < -0.3 is 24.1 Å². The highest BCUT2D eigenvalue weighted by atomic mass is 35.5. The quantitative estimate of drug-likeness (QED) is 0.143. The topological polar surface area (TPSA) is 101 Å². The first-order valence-corrected chi connectivity index (χ1v) is 15.6. The van der Waals surface area contributed by atoms with E-state index in [1.54, 1.807) is 12.1 Å². The van der Waals surface area contributed by atoms with Gasteiger partial charge in [-0.25, -0.2) is 4.39 Å². The van der Waals surface area contributed by atoms with Crippen molar-refractivity contribution in [1.82, 2.24) is 4.90 Å². The van der Waals surface area contributed by atoms with Crippen LogP contribution in [-0.2, 0) is 24.6 Å². The van der Waals surface area contributed by atoms with Crippen LogP contribution >= 0.6 is 11.6 Å². The second-order valence-electron chi connectivity index (χ2n) is 11.0. The van der Waals surface area contributed by atoms with Gasteiger partial charge in [-0.3, -0.25) is 9.69 Å². The van der Waals surface area contributed by atoms with Gasteiger partial charge in [0.05, 0.1) is 16.7 Å². The van der Waals surface area contributed by atoms with Crippen molar-refractivity contribution in [2.75, 3.05) is 26.3 Å². The molecular formula is C38H36ClFN2O6. The van der Waals surface area contributed by atoms with Crippen LogP contribution in [-0.4, -0.2) is 49.0 Å². The summed E-state index contributed by atoms with van der Waals surface area (Å²) in [5, 5.41) is 16.6. The molecule has 0 bridgehead atoms. The second-order valence-corrected chi connectivity index (χ2v) is 11.4. The molecule has 0 saturated carbocycles. The van der Waals surface area contributed by atoms with Crippen molar-refractivity contribution in [2.24, 2.45) is 0 Å². The van der Waals surface area contributed by atoms with E-state index in [4.69, 9.17) is 40.4 Å². The number of ether oxygens (including phenoxy) is 4. The zero-order valence-corrected chi connectivity index (χ0v) is 27.3. The van der Waals surface area contributed by atoms with Crippen molar-refractivity contribution in [1.29, 1.82) is 5.26 Å². The van der Waals surface area contributed by atoms with Crippen LogP contribution in [0.5, 0.6) is 23.0 Å². The van der Waals surface area contributed by atoms with Crippen LogP contribution in [0.4, 0.5) is 4.39 Å². The minimum absolute atomic E-state index is 0.250. The van der Waals surface area contributed by atoms with Gasteiger partial charge >= 0.3 is 0 Å². The van der Waals surface area contributed by atoms with Gasteiger partial charge in [0.1, 0.15) is 44.1 Å². The van der Waals surface area contributed by atoms with Crippen LogP contribution in [0.2, 0.25) is 5.02 Å². The summed E-state index contributed by atoms with van der Waals surface area (Å²) in [6.45, 7) is 5.08. The molecule has 248 valence electrons. The summed E-state index contributed by atoms with van der Waals surface area (Å²) in [7, 11) is 0. The Labute approximate surface area is 285 Å². The van der Waals surface area contributed by atoms with Crippen molar-refractivity contribution in [2.45, 2.75) is 39.3 Å². The summed E-state index contributed by atoms with van der Waals surface area (Å²) >= 11 is 6.74. The lowest BCUT2D eigenvalue weighted by Crippen LogP contribution is -2.21. The minimum atomic E-state index is -0.822. The number of fused-ring (bicyclic) bond motifs is 1. The number of rotatable bonds is 9. The summed E-state index contributed by atoms with van der Waals surface area (Å²) in [6, 6.07) is 25.3. The molecular weight excluding hydrogens is 635 g/mol. The minimum Gasteiger partial charge on any atom is -0.488 e. The van der Waals surface area contributed by atoms with E-state index in [0.29, 0.717) is 68.0 Å². The highest BCUT2D eigenvalue weighted by Gasteiger charge is 2.24. The van der Waals surface area contributed by atoms with Crippen LogP contribution in [0.25, 0.3) is 11.1 Å². The fraction of sp³-hybridized carbons (Fsp3) is 0.263. The van der Waals surface area contributed by atoms with Gasteiger partial charge in [0.15, 0.2) is 11.5 Å². The SMILES string of the molecule is C#C.Cc1c(COc2cc(OCc3cccc(C#N)c3)c(CN3CC[C@@H](F)C3)cc2Cl)cccc1-c1ccc2c(c1)OCCO2.O=CO. The number of halogens is 2. The molecule has 0 spiro atoms. The molecule has 10 heteroatoms. The molecule has 0 aromatic heterocycles. The third-order valence-electron chi connectivity index (χ3n) is 7.86. The number of alkyl halides is 1. The van der Waals surface area contributed by atoms with Gasteiger partial charge in [0.25, 0.3) is 6.47 Å². The van der Waals surface area contributed by atoms with Crippen molar-refractivity contribution >= 4 is 18.1 Å². The predicted octanol–water partition coefficient (Wildman–Crippen LogP) is 7.61. The summed E-state index contributed by atoms with van der Waals surface area (Å²) < 4.78 is 37.9. The van der Waals surface area contributed by atoms with E-state index in [-0.39, 0.29) is 13.1 Å². The Kier molecular flexibility index (Phi) is 13.1. The molecule has 0 amide bonds. The first kappa shape index (κ1) is 35.6. The Morgan fingerprint density at radius 1 is 1.00 bits per heavy atom. The molecule has 2 heterocycles. The van der Waals surface area contributed by atoms with E-state index < -0.39 is 6.17 Å². The Bertz CT molecular complexity index is 1770. The van der Waals surface area contributed by atoms with E-state index in [0.717, 1.165) is 44.9 Å². The molecule has 6 rings (SSSR count). The van der Waals surface area contributed by atoms with E-state index in [1.807, 2.05) is 54.6 Å². The maximum Gasteiger partial charge on any atom is 0.290 e. The normalized spacial score (nSPS) is 14.7. The molecule has 4 aromatic carbocycles. The maximum absolute atomic E-state index is 13.9. The van der Waals surface area contributed by atoms with Gasteiger partial charge in [-0.2, -0.15) is 5.26 Å². The largest absolute Gasteiger partial charge is 0.488 e. The van der Waals surface area contributed by atoms with E-state index in [2.05, 4.69) is 36.8 Å². The third-order valence-corrected chi connectivity index (χ3v) is 8.15. The van der Waals surface area contributed by atoms with Gasteiger partial charge in [-0.15, -0.1) is 12.8 Å². The number of nitriles is 1. The van der Waals surface area contributed by atoms with Gasteiger partial charge in [0.2, 0.25) is 0 Å². The number of carboxylic acid groups (broad SMARTS) is 1. The van der Waals surface area contributed by atoms with Gasteiger partial charge in [-0.1, -0.05) is 48.0 Å². The summed E-state index contributed by atoms with van der Waals surface area (Å²) in [5.41, 5.74) is 6.55. The van der Waals surface area contributed by atoms with Gasteiger partial charge in [-0.05, 0) is 71.5 Å². The molecule has 4 aromatic rings. The van der Waals surface area contributed by atoms with Crippen LogP contribution in [0.3, 0.4) is 0 Å². The second kappa shape index (κ2) is 17.6. The lowest BCUT2D eigenvalue weighted by atomic mass is 9.96. The number of benzene rings is 4. The van der Waals surface area contributed by atoms with Crippen molar-refractivity contribution in [3.8, 4) is 53.0 Å². The zero-order chi connectivity index (χ0) is 34.5. The predicted molar refractivity (Wildman–Crippen MR) is 182 cm³/mol. The summed E-state index contributed by atoms with van der Waals surface area (Å²) in [6.07, 6.45) is 7.70. The molecule has 2 aliphatic heterocycles. The zero-order valence-electron chi connectivity index (χ0n) is 26.5. The molecule has 2 aliphatic rings. The molecule has 1 fully saturated rings. The lowest BCUT2D eigenvalue weighted by Gasteiger charge is -2.21. The fourth-order valence-corrected chi connectivity index (χ4v) is 5.77. The first-order valence-electron chi connectivity index (χ1n) is 15.2. The van der Waals surface area contributed by atoms with Crippen molar-refractivity contribution in [3.05, 3.63) is 106 Å². The number of terminal acetylenes is 1. The number of hydrogen-bond donors (Lipinski definition) is 1. The summed E-state index contributed by atoms with van der Waals surface area (Å²) in [5.74, 6) is 2.63. The highest BCUT2D eigenvalue weighted by molar-refractivity contribution is 6.32. The van der Waals surface area contributed by atoms with Crippen LogP contribution < -0.4 is 18.9 Å². The Hall–Kier alpha value is -5.22. The van der Waals surface area contributed by atoms with Crippen molar-refractivity contribution in [3.63, 3.8) is 0 Å². The molecule has 0 unspecified atom stereocenters. The lowest BCUT2D eigenvalue weighted by molar-refractivity contribution is -0.122. The molecule has 8 nitrogen and oxygen atoms in total. The van der Waals surface area contributed by atoms with E-state index in [9.17, 15) is 9.65 Å². The molecule has 1 atom stereocenters. The number of likely N-dealkylation sites (tertiary alicyclic amines) is 1. The molecule has 0 radical (unpaired) electrons. The van der Waals surface area contributed by atoms with E-state index in [1.165, 1.54) is 0 Å². The van der Waals surface area contributed by atoms with Crippen LogP contribution in [0.1, 0.15) is 34.2 Å². The average molecular weight is 671 g/mol. The van der Waals surface area contributed by atoms with E-state index >= 15 is 0 Å². The highest BCUT2D eigenvalue weighted by Crippen LogP contribution is 2.38. The third kappa shape index (κ3) is 9.19. The van der Waals surface area contributed by atoms with Crippen molar-refractivity contribution < 1.29 is 33.2 Å². The summed E-state index contributed by atoms with van der Waals surface area (Å²) in [4.78, 5) is 10.4. The Balaban J connectivity index is 0.000000986. The first-order chi connectivity index (χ1) is 23.4. The van der Waals surface area contributed by atoms with Crippen LogP contribution in [0.15, 0.2) is 72.8 Å². The monoisotopic (exact) mass is 670 g/mol. The molecule has 48 heavy (non-hydrogen) atoms. The Morgan fingerprint density at radius 3 is 2.46 bits per heavy atom. The number of nitrogens with zero attached hydrogens (tertiary/aromatic N) is 2. The average Bonchev–Trinajstić information content (AvgIpc) is 3.53. The molecule has 1 N–H and O–H groups in total. The Morgan fingerprint density at radius 2 is 1.73 bits per heavy atom. The standard InChI is InChI=1S/C35H32ClFN2O4.C2H2.CH2O2/c1-23-27(6-3-7-30(23)26-8-9-32-35(16-26)41-13-12-40-32)22-43-34-17-33(42-21-25-5-2-4-24(14-25)18-38)28(15-31(34)36)19-39-11-10-29(37)20-39;1-2;2-1-3/h2-9,14-17,29H,10-13,19-22H2,1H3;1-2H;1H,(H,2,3)/t29-;;/m1../s1. The smallest absolute Gasteiger partial charge is 0.290 e. The molecule has 1 saturated heterocycles. The van der Waals surface area contributed by atoms with Crippen LogP contribution in [0, 0.1) is 31.1 Å². The fourth-order valence-electron chi connectivity index (χ4n) is 5.53. The number of carbonyl (C=O) groups is 1.